The summed E-state index contributed by atoms with van der Waals surface area (Å²) in [4.78, 5) is 24.0. The highest BCUT2D eigenvalue weighted by atomic mass is 19.4. The molecular weight excluding hydrogens is 415 g/mol. The molecule has 0 fully saturated rings. The molecule has 0 aliphatic heterocycles. The first-order valence-electron chi connectivity index (χ1n) is 9.37. The molecule has 0 radical (unpaired) electrons. The number of hydrogen-bond donors (Lipinski definition) is 2. The maximum absolute atomic E-state index is 13.3. The zero-order chi connectivity index (χ0) is 23.4. The Kier molecular flexibility index (Phi) is 6.95. The molecule has 0 heterocycles. The number of carboxylic acid groups (broad SMARTS) is 2. The molecule has 0 saturated carbocycles. The summed E-state index contributed by atoms with van der Waals surface area (Å²) >= 11 is 0. The molecule has 2 rings (SSSR count). The Morgan fingerprint density at radius 3 is 2.23 bits per heavy atom. The van der Waals surface area contributed by atoms with Crippen LogP contribution in [0.5, 0.6) is 11.5 Å². The highest BCUT2D eigenvalue weighted by Gasteiger charge is 2.52. The summed E-state index contributed by atoms with van der Waals surface area (Å²) in [5, 5.41) is 28.5. The molecule has 164 valence electrons. The lowest BCUT2D eigenvalue weighted by molar-refractivity contribution is -0.167. The van der Waals surface area contributed by atoms with E-state index in [-0.39, 0.29) is 35.5 Å². The number of nitrogens with zero attached hydrogens (tertiary/aromatic N) is 1. The number of alkyl halides is 3. The first-order valence-corrected chi connectivity index (χ1v) is 9.37. The van der Waals surface area contributed by atoms with Gasteiger partial charge in [0.15, 0.2) is 5.41 Å². The van der Waals surface area contributed by atoms with Gasteiger partial charge in [-0.3, -0.25) is 9.59 Å². The van der Waals surface area contributed by atoms with E-state index in [2.05, 4.69) is 0 Å². The van der Waals surface area contributed by atoms with Crippen LogP contribution < -0.4 is 4.74 Å². The molecule has 6 nitrogen and oxygen atoms in total. The van der Waals surface area contributed by atoms with E-state index in [0.717, 1.165) is 12.1 Å². The van der Waals surface area contributed by atoms with Crippen molar-refractivity contribution in [3.8, 4) is 17.6 Å². The first-order chi connectivity index (χ1) is 14.5. The molecule has 0 spiro atoms. The fourth-order valence-corrected chi connectivity index (χ4v) is 3.62. The molecular formula is C22H20F3NO5. The Morgan fingerprint density at radius 1 is 1.10 bits per heavy atom. The first kappa shape index (κ1) is 23.7. The van der Waals surface area contributed by atoms with Crippen LogP contribution in [0.15, 0.2) is 42.5 Å². The monoisotopic (exact) mass is 435 g/mol. The highest BCUT2D eigenvalue weighted by molar-refractivity contribution is 5.99. The summed E-state index contributed by atoms with van der Waals surface area (Å²) in [5.41, 5.74) is -3.08. The number of ether oxygens (including phenoxy) is 1. The standard InChI is InChI=1S/C22H20F3NO5/c1-3-17(21(4-2,19(27)28)20(29)30)16-9-8-14(22(23,24)25)11-18(16)31-15-7-5-6-13(10-15)12-26/h5-11,17H,3-4H2,1-2H3,(H,27,28)(H,29,30). The average Bonchev–Trinajstić information content (AvgIpc) is 2.71. The molecule has 2 aromatic rings. The molecule has 1 atom stereocenters. The second-order valence-corrected chi connectivity index (χ2v) is 6.89. The van der Waals surface area contributed by atoms with Crippen LogP contribution >= 0.6 is 0 Å². The summed E-state index contributed by atoms with van der Waals surface area (Å²) in [7, 11) is 0. The predicted octanol–water partition coefficient (Wildman–Crippen LogP) is 5.43. The Balaban J connectivity index is 2.73. The van der Waals surface area contributed by atoms with Crippen LogP contribution in [0.25, 0.3) is 0 Å². The molecule has 0 amide bonds. The molecule has 31 heavy (non-hydrogen) atoms. The molecule has 2 N–H and O–H groups in total. The minimum Gasteiger partial charge on any atom is -0.480 e. The maximum Gasteiger partial charge on any atom is 0.416 e. The quantitative estimate of drug-likeness (QED) is 0.536. The van der Waals surface area contributed by atoms with Crippen LogP contribution in [0, 0.1) is 16.7 Å². The molecule has 9 heteroatoms. The van der Waals surface area contributed by atoms with Crippen LogP contribution in [-0.2, 0) is 15.8 Å². The number of rotatable bonds is 8. The molecule has 0 saturated heterocycles. The van der Waals surface area contributed by atoms with Gasteiger partial charge in [0, 0.05) is 5.92 Å². The third-order valence-corrected chi connectivity index (χ3v) is 5.23. The lowest BCUT2D eigenvalue weighted by atomic mass is 9.68. The van der Waals surface area contributed by atoms with Crippen LogP contribution in [0.1, 0.15) is 49.3 Å². The van der Waals surface area contributed by atoms with Crippen molar-refractivity contribution in [3.63, 3.8) is 0 Å². The van der Waals surface area contributed by atoms with Gasteiger partial charge in [0.05, 0.1) is 17.2 Å². The highest BCUT2D eigenvalue weighted by Crippen LogP contribution is 2.47. The summed E-state index contributed by atoms with van der Waals surface area (Å²) in [6, 6.07) is 10.1. The van der Waals surface area contributed by atoms with E-state index in [1.807, 2.05) is 6.07 Å². The van der Waals surface area contributed by atoms with E-state index >= 15 is 0 Å². The minimum absolute atomic E-state index is 0.0181. The summed E-state index contributed by atoms with van der Waals surface area (Å²) in [5.74, 6) is -4.62. The van der Waals surface area contributed by atoms with E-state index in [9.17, 15) is 33.0 Å². The van der Waals surface area contributed by atoms with Gasteiger partial charge in [-0.15, -0.1) is 0 Å². The van der Waals surface area contributed by atoms with Gasteiger partial charge in [0.25, 0.3) is 0 Å². The fraction of sp³-hybridized carbons (Fsp3) is 0.318. The van der Waals surface area contributed by atoms with Gasteiger partial charge in [-0.05, 0) is 48.7 Å². The van der Waals surface area contributed by atoms with Crippen molar-refractivity contribution in [1.29, 1.82) is 5.26 Å². The predicted molar refractivity (Wildman–Crippen MR) is 104 cm³/mol. The fourth-order valence-electron chi connectivity index (χ4n) is 3.62. The molecule has 0 aromatic heterocycles. The largest absolute Gasteiger partial charge is 0.480 e. The minimum atomic E-state index is -4.70. The SMILES string of the molecule is CCC(c1ccc(C(F)(F)F)cc1Oc1cccc(C#N)c1)C(CC)(C(=O)O)C(=O)O. The third kappa shape index (κ3) is 4.63. The topological polar surface area (TPSA) is 108 Å². The zero-order valence-corrected chi connectivity index (χ0v) is 16.7. The van der Waals surface area contributed by atoms with Crippen LogP contribution in [-0.4, -0.2) is 22.2 Å². The van der Waals surface area contributed by atoms with E-state index in [4.69, 9.17) is 10.00 Å². The molecule has 0 aliphatic rings. The van der Waals surface area contributed by atoms with Crippen LogP contribution in [0.3, 0.4) is 0 Å². The van der Waals surface area contributed by atoms with Crippen LogP contribution in [0.4, 0.5) is 13.2 Å². The van der Waals surface area contributed by atoms with Gasteiger partial charge in [0.1, 0.15) is 11.5 Å². The lowest BCUT2D eigenvalue weighted by Gasteiger charge is -2.33. The second-order valence-electron chi connectivity index (χ2n) is 6.89. The smallest absolute Gasteiger partial charge is 0.416 e. The van der Waals surface area contributed by atoms with Gasteiger partial charge < -0.3 is 14.9 Å². The van der Waals surface area contributed by atoms with Crippen molar-refractivity contribution in [3.05, 3.63) is 59.2 Å². The number of benzene rings is 2. The molecule has 1 unspecified atom stereocenters. The second kappa shape index (κ2) is 9.08. The van der Waals surface area contributed by atoms with E-state index in [1.54, 1.807) is 6.92 Å². The van der Waals surface area contributed by atoms with Crippen molar-refractivity contribution in [2.75, 3.05) is 0 Å². The van der Waals surface area contributed by atoms with Crippen molar-refractivity contribution < 1.29 is 37.7 Å². The molecule has 2 aromatic carbocycles. The Bertz CT molecular complexity index is 1010. The van der Waals surface area contributed by atoms with Crippen molar-refractivity contribution in [2.45, 2.75) is 38.8 Å². The average molecular weight is 435 g/mol. The van der Waals surface area contributed by atoms with Gasteiger partial charge >= 0.3 is 18.1 Å². The summed E-state index contributed by atoms with van der Waals surface area (Å²) in [6.45, 7) is 2.95. The summed E-state index contributed by atoms with van der Waals surface area (Å²) < 4.78 is 45.6. The van der Waals surface area contributed by atoms with Gasteiger partial charge in [-0.25, -0.2) is 0 Å². The number of aliphatic carboxylic acids is 2. The van der Waals surface area contributed by atoms with Crippen molar-refractivity contribution >= 4 is 11.9 Å². The number of hydrogen-bond acceptors (Lipinski definition) is 4. The maximum atomic E-state index is 13.3. The summed E-state index contributed by atoms with van der Waals surface area (Å²) in [6.07, 6.45) is -4.97. The number of carboxylic acids is 2. The van der Waals surface area contributed by atoms with Gasteiger partial charge in [0.2, 0.25) is 0 Å². The van der Waals surface area contributed by atoms with Gasteiger partial charge in [-0.2, -0.15) is 18.4 Å². The van der Waals surface area contributed by atoms with Crippen LogP contribution in [0.2, 0.25) is 0 Å². The zero-order valence-electron chi connectivity index (χ0n) is 16.7. The van der Waals surface area contributed by atoms with E-state index in [1.165, 1.54) is 31.2 Å². The third-order valence-electron chi connectivity index (χ3n) is 5.23. The van der Waals surface area contributed by atoms with Gasteiger partial charge in [-0.1, -0.05) is 26.0 Å². The van der Waals surface area contributed by atoms with Crippen molar-refractivity contribution in [1.82, 2.24) is 0 Å². The number of nitriles is 1. The Labute approximate surface area is 176 Å². The van der Waals surface area contributed by atoms with Crippen molar-refractivity contribution in [2.24, 2.45) is 5.41 Å². The van der Waals surface area contributed by atoms with E-state index in [0.29, 0.717) is 6.07 Å². The number of carbonyl (C=O) groups is 2. The molecule has 0 aliphatic carbocycles. The Hall–Kier alpha value is -3.54. The molecule has 0 bridgehead atoms. The lowest BCUT2D eigenvalue weighted by Crippen LogP contribution is -2.44. The van der Waals surface area contributed by atoms with E-state index < -0.39 is 35.0 Å². The Morgan fingerprint density at radius 2 is 1.74 bits per heavy atom. The normalized spacial score (nSPS) is 12.6. The number of halogens is 3.